The number of rotatable bonds is 7. The Morgan fingerprint density at radius 1 is 1.48 bits per heavy atom. The van der Waals surface area contributed by atoms with Gasteiger partial charge in [-0.15, -0.1) is 0 Å². The fraction of sp³-hybridized carbons (Fsp3) is 0.562. The topological polar surface area (TPSA) is 55.6 Å². The molecule has 2 N–H and O–H groups in total. The highest BCUT2D eigenvalue weighted by molar-refractivity contribution is 5.76. The summed E-state index contributed by atoms with van der Waals surface area (Å²) < 4.78 is 18.4. The van der Waals surface area contributed by atoms with Crippen molar-refractivity contribution in [1.82, 2.24) is 4.90 Å². The monoisotopic (exact) mass is 294 g/mol. The van der Waals surface area contributed by atoms with Crippen molar-refractivity contribution >= 4 is 5.91 Å². The zero-order valence-corrected chi connectivity index (χ0v) is 12.5. The predicted octanol–water partition coefficient (Wildman–Crippen LogP) is 2.18. The largest absolute Gasteiger partial charge is 0.492 e. The van der Waals surface area contributed by atoms with E-state index in [4.69, 9.17) is 10.5 Å². The van der Waals surface area contributed by atoms with E-state index in [2.05, 4.69) is 0 Å². The number of hydrogen-bond donors (Lipinski definition) is 1. The Morgan fingerprint density at radius 2 is 2.24 bits per heavy atom. The van der Waals surface area contributed by atoms with Crippen molar-refractivity contribution in [2.75, 3.05) is 26.7 Å². The maximum Gasteiger partial charge on any atom is 0.223 e. The molecule has 1 aliphatic carbocycles. The summed E-state index contributed by atoms with van der Waals surface area (Å²) >= 11 is 0. The number of amides is 1. The molecule has 116 valence electrons. The minimum atomic E-state index is -0.327. The molecule has 0 aromatic heterocycles. The van der Waals surface area contributed by atoms with Crippen LogP contribution < -0.4 is 10.5 Å². The molecule has 1 aromatic rings. The third-order valence-corrected chi connectivity index (χ3v) is 4.29. The number of halogens is 1. The molecule has 1 aromatic carbocycles. The first kappa shape index (κ1) is 15.8. The van der Waals surface area contributed by atoms with E-state index in [0.717, 1.165) is 19.3 Å². The average molecular weight is 294 g/mol. The van der Waals surface area contributed by atoms with E-state index in [1.165, 1.54) is 12.1 Å². The van der Waals surface area contributed by atoms with Crippen molar-refractivity contribution in [1.29, 1.82) is 0 Å². The first-order valence-electron chi connectivity index (χ1n) is 7.37. The van der Waals surface area contributed by atoms with Crippen LogP contribution in [0.5, 0.6) is 5.75 Å². The van der Waals surface area contributed by atoms with Gasteiger partial charge in [0, 0.05) is 19.5 Å². The van der Waals surface area contributed by atoms with Gasteiger partial charge in [-0.25, -0.2) is 4.39 Å². The first-order valence-corrected chi connectivity index (χ1v) is 7.37. The smallest absolute Gasteiger partial charge is 0.223 e. The average Bonchev–Trinajstić information content (AvgIpc) is 2.42. The molecule has 2 rings (SSSR count). The molecule has 1 fully saturated rings. The van der Waals surface area contributed by atoms with Crippen molar-refractivity contribution in [3.63, 3.8) is 0 Å². The molecule has 0 radical (unpaired) electrons. The van der Waals surface area contributed by atoms with Gasteiger partial charge in [-0.1, -0.05) is 12.5 Å². The van der Waals surface area contributed by atoms with Crippen LogP contribution in [0.1, 0.15) is 25.7 Å². The maximum atomic E-state index is 13.0. The SMILES string of the molecule is CN(CCOc1cccc(F)c1)C(=O)CC1(CN)CCC1. The fourth-order valence-electron chi connectivity index (χ4n) is 2.57. The van der Waals surface area contributed by atoms with Gasteiger partial charge in [-0.05, 0) is 36.9 Å². The van der Waals surface area contributed by atoms with Crippen LogP contribution in [0.2, 0.25) is 0 Å². The summed E-state index contributed by atoms with van der Waals surface area (Å²) in [5.41, 5.74) is 5.80. The first-order chi connectivity index (χ1) is 10.0. The number of ether oxygens (including phenoxy) is 1. The van der Waals surface area contributed by atoms with E-state index in [1.54, 1.807) is 24.1 Å². The van der Waals surface area contributed by atoms with Gasteiger partial charge in [0.05, 0.1) is 6.54 Å². The van der Waals surface area contributed by atoms with Crippen LogP contribution >= 0.6 is 0 Å². The van der Waals surface area contributed by atoms with Crippen molar-refractivity contribution in [3.05, 3.63) is 30.1 Å². The predicted molar refractivity (Wildman–Crippen MR) is 79.5 cm³/mol. The van der Waals surface area contributed by atoms with Crippen LogP contribution in [0, 0.1) is 11.2 Å². The second kappa shape index (κ2) is 6.89. The Bertz CT molecular complexity index is 483. The van der Waals surface area contributed by atoms with E-state index in [0.29, 0.717) is 31.9 Å². The molecule has 1 aliphatic rings. The van der Waals surface area contributed by atoms with Gasteiger partial charge in [0.1, 0.15) is 18.2 Å². The van der Waals surface area contributed by atoms with Crippen LogP contribution in [-0.2, 0) is 4.79 Å². The Kier molecular flexibility index (Phi) is 5.17. The molecular weight excluding hydrogens is 271 g/mol. The summed E-state index contributed by atoms with van der Waals surface area (Å²) in [4.78, 5) is 13.8. The third kappa shape index (κ3) is 4.17. The molecule has 0 atom stereocenters. The lowest BCUT2D eigenvalue weighted by Crippen LogP contribution is -2.43. The van der Waals surface area contributed by atoms with Crippen LogP contribution in [-0.4, -0.2) is 37.6 Å². The molecule has 5 heteroatoms. The summed E-state index contributed by atoms with van der Waals surface area (Å²) in [6.45, 7) is 1.41. The number of nitrogens with zero attached hydrogens (tertiary/aromatic N) is 1. The second-order valence-corrected chi connectivity index (χ2v) is 5.86. The van der Waals surface area contributed by atoms with E-state index in [9.17, 15) is 9.18 Å². The summed E-state index contributed by atoms with van der Waals surface area (Å²) in [6.07, 6.45) is 3.77. The Labute approximate surface area is 125 Å². The van der Waals surface area contributed by atoms with Gasteiger partial charge in [0.2, 0.25) is 5.91 Å². The highest BCUT2D eigenvalue weighted by atomic mass is 19.1. The van der Waals surface area contributed by atoms with Crippen LogP contribution in [0.15, 0.2) is 24.3 Å². The molecule has 21 heavy (non-hydrogen) atoms. The lowest BCUT2D eigenvalue weighted by molar-refractivity contribution is -0.134. The van der Waals surface area contributed by atoms with E-state index < -0.39 is 0 Å². The number of hydrogen-bond acceptors (Lipinski definition) is 3. The van der Waals surface area contributed by atoms with Crippen molar-refractivity contribution in [2.45, 2.75) is 25.7 Å². The van der Waals surface area contributed by atoms with Crippen molar-refractivity contribution < 1.29 is 13.9 Å². The highest BCUT2D eigenvalue weighted by Gasteiger charge is 2.38. The minimum absolute atomic E-state index is 0.0226. The van der Waals surface area contributed by atoms with Gasteiger partial charge >= 0.3 is 0 Å². The summed E-state index contributed by atoms with van der Waals surface area (Å²) in [5.74, 6) is 0.253. The molecule has 0 aliphatic heterocycles. The number of likely N-dealkylation sites (N-methyl/N-ethyl adjacent to an activating group) is 1. The van der Waals surface area contributed by atoms with Crippen molar-refractivity contribution in [3.8, 4) is 5.75 Å². The summed E-state index contributed by atoms with van der Waals surface area (Å²) in [5, 5.41) is 0. The van der Waals surface area contributed by atoms with Gasteiger partial charge in [-0.3, -0.25) is 4.79 Å². The van der Waals surface area contributed by atoms with E-state index >= 15 is 0 Å². The van der Waals surface area contributed by atoms with Gasteiger partial charge in [0.15, 0.2) is 0 Å². The Morgan fingerprint density at radius 3 is 2.81 bits per heavy atom. The molecule has 0 unspecified atom stereocenters. The molecular formula is C16H23FN2O2. The molecule has 4 nitrogen and oxygen atoms in total. The minimum Gasteiger partial charge on any atom is -0.492 e. The number of carbonyl (C=O) groups excluding carboxylic acids is 1. The standard InChI is InChI=1S/C16H23FN2O2/c1-19(15(20)11-16(12-18)6-3-7-16)8-9-21-14-5-2-4-13(17)10-14/h2,4-5,10H,3,6-9,11-12,18H2,1H3. The van der Waals surface area contributed by atoms with Gasteiger partial charge in [-0.2, -0.15) is 0 Å². The van der Waals surface area contributed by atoms with E-state index in [1.807, 2.05) is 0 Å². The molecule has 0 bridgehead atoms. The second-order valence-electron chi connectivity index (χ2n) is 5.86. The van der Waals surface area contributed by atoms with Gasteiger partial charge < -0.3 is 15.4 Å². The fourth-order valence-corrected chi connectivity index (χ4v) is 2.57. The van der Waals surface area contributed by atoms with Crippen LogP contribution in [0.25, 0.3) is 0 Å². The third-order valence-electron chi connectivity index (χ3n) is 4.29. The van der Waals surface area contributed by atoms with Gasteiger partial charge in [0.25, 0.3) is 0 Å². The molecule has 1 saturated carbocycles. The Balaban J connectivity index is 1.74. The summed E-state index contributed by atoms with van der Waals surface area (Å²) in [7, 11) is 1.76. The molecule has 1 amide bonds. The quantitative estimate of drug-likeness (QED) is 0.838. The zero-order chi connectivity index (χ0) is 15.3. The zero-order valence-electron chi connectivity index (χ0n) is 12.5. The Hall–Kier alpha value is -1.62. The lowest BCUT2D eigenvalue weighted by atomic mass is 9.66. The van der Waals surface area contributed by atoms with Crippen LogP contribution in [0.3, 0.4) is 0 Å². The molecule has 0 heterocycles. The van der Waals surface area contributed by atoms with E-state index in [-0.39, 0.29) is 17.1 Å². The number of benzene rings is 1. The molecule has 0 saturated heterocycles. The summed E-state index contributed by atoms with van der Waals surface area (Å²) in [6, 6.07) is 6.00. The maximum absolute atomic E-state index is 13.0. The normalized spacial score (nSPS) is 16.1. The highest BCUT2D eigenvalue weighted by Crippen LogP contribution is 2.43. The van der Waals surface area contributed by atoms with Crippen LogP contribution in [0.4, 0.5) is 4.39 Å². The lowest BCUT2D eigenvalue weighted by Gasteiger charge is -2.41. The molecule has 0 spiro atoms. The van der Waals surface area contributed by atoms with Crippen molar-refractivity contribution in [2.24, 2.45) is 11.1 Å². The number of nitrogens with two attached hydrogens (primary N) is 1. The number of carbonyl (C=O) groups is 1.